The second-order valence-corrected chi connectivity index (χ2v) is 8.02. The average Bonchev–Trinajstić information content (AvgIpc) is 3.29. The lowest BCUT2D eigenvalue weighted by Gasteiger charge is -2.25. The summed E-state index contributed by atoms with van der Waals surface area (Å²) in [5, 5.41) is 6.71. The summed E-state index contributed by atoms with van der Waals surface area (Å²) >= 11 is 1.82. The molecule has 1 aromatic rings. The Bertz CT molecular complexity index is 538. The Kier molecular flexibility index (Phi) is 5.37. The van der Waals surface area contributed by atoms with E-state index in [1.807, 2.05) is 23.9 Å². The van der Waals surface area contributed by atoms with E-state index in [4.69, 9.17) is 0 Å². The van der Waals surface area contributed by atoms with E-state index in [1.165, 1.54) is 0 Å². The third-order valence-corrected chi connectivity index (χ3v) is 5.60. The molecule has 3 nitrogen and oxygen atoms in total. The third-order valence-electron chi connectivity index (χ3n) is 4.35. The third kappa shape index (κ3) is 4.15. The highest BCUT2D eigenvalue weighted by molar-refractivity contribution is 7.99. The maximum absolute atomic E-state index is 14.0. The summed E-state index contributed by atoms with van der Waals surface area (Å²) in [6.45, 7) is 5.94. The van der Waals surface area contributed by atoms with Gasteiger partial charge in [0.25, 0.3) is 0 Å². The van der Waals surface area contributed by atoms with Crippen molar-refractivity contribution in [3.8, 4) is 0 Å². The van der Waals surface area contributed by atoms with Gasteiger partial charge in [-0.05, 0) is 44.6 Å². The van der Waals surface area contributed by atoms with E-state index in [9.17, 15) is 4.39 Å². The molecule has 5 heteroatoms. The number of halogens is 1. The van der Waals surface area contributed by atoms with Gasteiger partial charge in [0, 0.05) is 30.3 Å². The molecule has 1 aliphatic carbocycles. The molecule has 1 aliphatic rings. The lowest BCUT2D eigenvalue weighted by Crippen LogP contribution is -2.45. The number of nitrogens with zero attached hydrogens (tertiary/aromatic N) is 1. The lowest BCUT2D eigenvalue weighted by atomic mass is 9.95. The summed E-state index contributed by atoms with van der Waals surface area (Å²) < 4.78 is 14.2. The van der Waals surface area contributed by atoms with Crippen LogP contribution in [0.15, 0.2) is 29.3 Å². The maximum Gasteiger partial charge on any atom is 0.191 e. The van der Waals surface area contributed by atoms with Crippen LogP contribution in [0.25, 0.3) is 0 Å². The van der Waals surface area contributed by atoms with E-state index < -0.39 is 0 Å². The van der Waals surface area contributed by atoms with Gasteiger partial charge in [-0.25, -0.2) is 4.39 Å². The number of aliphatic imine (C=N–C) groups is 1. The molecule has 2 rings (SSSR count). The fraction of sp³-hybridized carbons (Fsp3) is 0.588. The van der Waals surface area contributed by atoms with Crippen LogP contribution in [0, 0.1) is 5.82 Å². The molecule has 0 atom stereocenters. The summed E-state index contributed by atoms with van der Waals surface area (Å²) in [6.07, 6.45) is 4.15. The molecule has 1 aromatic carbocycles. The van der Waals surface area contributed by atoms with Crippen molar-refractivity contribution < 1.29 is 4.39 Å². The van der Waals surface area contributed by atoms with Crippen LogP contribution in [-0.2, 0) is 5.41 Å². The predicted octanol–water partition coefficient (Wildman–Crippen LogP) is 3.16. The van der Waals surface area contributed by atoms with Gasteiger partial charge >= 0.3 is 0 Å². The summed E-state index contributed by atoms with van der Waals surface area (Å²) in [5.41, 5.74) is 0.750. The van der Waals surface area contributed by atoms with Crippen LogP contribution in [0.2, 0.25) is 0 Å². The molecule has 0 heterocycles. The molecule has 0 amide bonds. The summed E-state index contributed by atoms with van der Waals surface area (Å²) in [7, 11) is 1.77. The second kappa shape index (κ2) is 6.90. The fourth-order valence-electron chi connectivity index (χ4n) is 2.43. The maximum atomic E-state index is 14.0. The van der Waals surface area contributed by atoms with Gasteiger partial charge in [-0.15, -0.1) is 0 Å². The van der Waals surface area contributed by atoms with Crippen LogP contribution in [0.1, 0.15) is 32.3 Å². The zero-order chi connectivity index (χ0) is 16.2. The van der Waals surface area contributed by atoms with E-state index >= 15 is 0 Å². The molecule has 0 saturated heterocycles. The smallest absolute Gasteiger partial charge is 0.191 e. The topological polar surface area (TPSA) is 36.4 Å². The van der Waals surface area contributed by atoms with Crippen molar-refractivity contribution in [2.75, 3.05) is 26.4 Å². The standard InChI is InChI=1S/C17H26FN3S/c1-16(2,22-4)11-20-15(19-3)21-12-17(9-10-17)13-7-5-6-8-14(13)18/h5-8H,9-12H2,1-4H3,(H2,19,20,21). The first-order valence-corrected chi connectivity index (χ1v) is 8.90. The van der Waals surface area contributed by atoms with Crippen molar-refractivity contribution in [1.29, 1.82) is 0 Å². The van der Waals surface area contributed by atoms with Crippen molar-refractivity contribution >= 4 is 17.7 Å². The van der Waals surface area contributed by atoms with E-state index in [2.05, 4.69) is 35.7 Å². The Hall–Kier alpha value is -1.23. The number of guanidine groups is 1. The molecule has 0 unspecified atom stereocenters. The minimum Gasteiger partial charge on any atom is -0.356 e. The molecule has 0 aromatic heterocycles. The highest BCUT2D eigenvalue weighted by Crippen LogP contribution is 2.48. The Morgan fingerprint density at radius 1 is 1.32 bits per heavy atom. The molecular weight excluding hydrogens is 297 g/mol. The first-order chi connectivity index (χ1) is 10.4. The van der Waals surface area contributed by atoms with Crippen LogP contribution < -0.4 is 10.6 Å². The van der Waals surface area contributed by atoms with E-state index in [0.717, 1.165) is 30.9 Å². The van der Waals surface area contributed by atoms with Crippen molar-refractivity contribution in [2.45, 2.75) is 36.9 Å². The van der Waals surface area contributed by atoms with Crippen molar-refractivity contribution in [3.05, 3.63) is 35.6 Å². The Morgan fingerprint density at radius 3 is 2.55 bits per heavy atom. The number of thioether (sulfide) groups is 1. The molecular formula is C17H26FN3S. The van der Waals surface area contributed by atoms with E-state index in [-0.39, 0.29) is 16.0 Å². The molecule has 0 spiro atoms. The quantitative estimate of drug-likeness (QED) is 0.624. The number of benzene rings is 1. The fourth-order valence-corrected chi connectivity index (χ4v) is 2.64. The average molecular weight is 323 g/mol. The zero-order valence-corrected chi connectivity index (χ0v) is 14.7. The molecule has 0 radical (unpaired) electrons. The molecule has 22 heavy (non-hydrogen) atoms. The van der Waals surface area contributed by atoms with E-state index in [1.54, 1.807) is 19.2 Å². The molecule has 2 N–H and O–H groups in total. The number of hydrogen-bond donors (Lipinski definition) is 2. The van der Waals surface area contributed by atoms with Gasteiger partial charge in [0.05, 0.1) is 0 Å². The first-order valence-electron chi connectivity index (χ1n) is 7.67. The van der Waals surface area contributed by atoms with Crippen LogP contribution >= 0.6 is 11.8 Å². The lowest BCUT2D eigenvalue weighted by molar-refractivity contribution is 0.558. The number of hydrogen-bond acceptors (Lipinski definition) is 2. The summed E-state index contributed by atoms with van der Waals surface area (Å²) in [5.74, 6) is 0.679. The minimum atomic E-state index is -0.103. The molecule has 1 fully saturated rings. The number of nitrogens with one attached hydrogen (secondary N) is 2. The van der Waals surface area contributed by atoms with Crippen LogP contribution in [0.4, 0.5) is 4.39 Å². The van der Waals surface area contributed by atoms with Gasteiger partial charge in [0.15, 0.2) is 5.96 Å². The van der Waals surface area contributed by atoms with Gasteiger partial charge in [-0.3, -0.25) is 4.99 Å². The highest BCUT2D eigenvalue weighted by atomic mass is 32.2. The number of rotatable bonds is 6. The zero-order valence-electron chi connectivity index (χ0n) is 13.9. The first kappa shape index (κ1) is 17.1. The van der Waals surface area contributed by atoms with Gasteiger partial charge in [-0.2, -0.15) is 11.8 Å². The summed E-state index contributed by atoms with van der Waals surface area (Å²) in [4.78, 5) is 4.26. The van der Waals surface area contributed by atoms with Crippen LogP contribution in [-0.4, -0.2) is 37.1 Å². The normalized spacial score (nSPS) is 17.2. The van der Waals surface area contributed by atoms with Gasteiger partial charge < -0.3 is 10.6 Å². The van der Waals surface area contributed by atoms with Crippen LogP contribution in [0.3, 0.4) is 0 Å². The van der Waals surface area contributed by atoms with Crippen molar-refractivity contribution in [1.82, 2.24) is 10.6 Å². The Balaban J connectivity index is 1.93. The summed E-state index contributed by atoms with van der Waals surface area (Å²) in [6, 6.07) is 7.10. The van der Waals surface area contributed by atoms with Crippen molar-refractivity contribution in [3.63, 3.8) is 0 Å². The Morgan fingerprint density at radius 2 is 2.00 bits per heavy atom. The molecule has 122 valence electrons. The molecule has 0 aliphatic heterocycles. The Labute approximate surface area is 137 Å². The van der Waals surface area contributed by atoms with Gasteiger partial charge in [-0.1, -0.05) is 18.2 Å². The monoisotopic (exact) mass is 323 g/mol. The van der Waals surface area contributed by atoms with Crippen LogP contribution in [0.5, 0.6) is 0 Å². The van der Waals surface area contributed by atoms with Crippen molar-refractivity contribution in [2.24, 2.45) is 4.99 Å². The second-order valence-electron chi connectivity index (χ2n) is 6.50. The largest absolute Gasteiger partial charge is 0.356 e. The molecule has 1 saturated carbocycles. The van der Waals surface area contributed by atoms with Gasteiger partial charge in [0.1, 0.15) is 5.82 Å². The van der Waals surface area contributed by atoms with E-state index in [0.29, 0.717) is 6.54 Å². The van der Waals surface area contributed by atoms with Gasteiger partial charge in [0.2, 0.25) is 0 Å². The minimum absolute atomic E-state index is 0.0714. The predicted molar refractivity (Wildman–Crippen MR) is 94.3 cm³/mol. The highest BCUT2D eigenvalue weighted by Gasteiger charge is 2.45. The SMILES string of the molecule is CN=C(NCC(C)(C)SC)NCC1(c2ccccc2F)CC1. The molecule has 0 bridgehead atoms.